The molecule has 6 radical (unpaired) electrons. The van der Waals surface area contributed by atoms with Crippen LogP contribution in [-0.4, -0.2) is 9.97 Å². The maximum atomic E-state index is 4.19. The van der Waals surface area contributed by atoms with E-state index in [1.165, 1.54) is 29.6 Å². The van der Waals surface area contributed by atoms with E-state index >= 15 is 0 Å². The van der Waals surface area contributed by atoms with Crippen LogP contribution in [0, 0.1) is 29.6 Å². The van der Waals surface area contributed by atoms with Gasteiger partial charge in [-0.15, -0.1) is 0 Å². The minimum absolute atomic E-state index is 0. The first kappa shape index (κ1) is 20.0. The van der Waals surface area contributed by atoms with Gasteiger partial charge in [-0.3, -0.25) is 9.97 Å². The molecular formula is C20H23N2Ru+3. The third kappa shape index (κ3) is 4.95. The zero-order valence-corrected chi connectivity index (χ0v) is 16.1. The van der Waals surface area contributed by atoms with Gasteiger partial charge in [0.25, 0.3) is 0 Å². The van der Waals surface area contributed by atoms with E-state index in [-0.39, 0.29) is 19.5 Å². The average molecular weight is 392 g/mol. The molecule has 0 atom stereocenters. The molecule has 1 aliphatic rings. The van der Waals surface area contributed by atoms with E-state index in [1.807, 2.05) is 36.4 Å². The monoisotopic (exact) mass is 393 g/mol. The largest absolute Gasteiger partial charge is 3.00 e. The molecule has 0 bridgehead atoms. The molecule has 2 nitrogen and oxygen atoms in total. The molecule has 2 aromatic rings. The van der Waals surface area contributed by atoms with E-state index < -0.39 is 0 Å². The zero-order chi connectivity index (χ0) is 16.1. The summed E-state index contributed by atoms with van der Waals surface area (Å²) in [6.45, 7) is 11.0. The van der Waals surface area contributed by atoms with Crippen LogP contribution < -0.4 is 0 Å². The van der Waals surface area contributed by atoms with Gasteiger partial charge in [-0.25, -0.2) is 0 Å². The Balaban J connectivity index is 0.000000224. The second-order valence-electron chi connectivity index (χ2n) is 5.55. The first-order chi connectivity index (χ1) is 10.5. The van der Waals surface area contributed by atoms with E-state index in [1.54, 1.807) is 12.4 Å². The van der Waals surface area contributed by atoms with Crippen LogP contribution in [0.5, 0.6) is 0 Å². The Bertz CT molecular complexity index is 476. The fraction of sp³-hybridized carbons (Fsp3) is 0.250. The van der Waals surface area contributed by atoms with Crippen molar-refractivity contribution in [2.45, 2.75) is 34.6 Å². The van der Waals surface area contributed by atoms with Crippen LogP contribution in [0.15, 0.2) is 48.8 Å². The molecule has 1 aliphatic carbocycles. The third-order valence-corrected chi connectivity index (χ3v) is 4.40. The molecule has 0 spiro atoms. The number of pyridine rings is 2. The van der Waals surface area contributed by atoms with Crippen molar-refractivity contribution in [1.29, 1.82) is 0 Å². The SMILES string of the molecule is C[C]1[C](C)[C](C)[C](C)[C]1C.[Ru+3].c1ccc(-c2ccccn2)nc1. The van der Waals surface area contributed by atoms with Crippen molar-refractivity contribution in [2.75, 3.05) is 0 Å². The van der Waals surface area contributed by atoms with Crippen LogP contribution in [0.25, 0.3) is 11.4 Å². The van der Waals surface area contributed by atoms with E-state index in [0.717, 1.165) is 11.4 Å². The topological polar surface area (TPSA) is 25.8 Å². The first-order valence-corrected chi connectivity index (χ1v) is 7.54. The second kappa shape index (κ2) is 9.28. The van der Waals surface area contributed by atoms with Gasteiger partial charge in [0.15, 0.2) is 0 Å². The number of hydrogen-bond donors (Lipinski definition) is 0. The predicted molar refractivity (Wildman–Crippen MR) is 92.1 cm³/mol. The van der Waals surface area contributed by atoms with Gasteiger partial charge < -0.3 is 0 Å². The third-order valence-electron chi connectivity index (χ3n) is 4.40. The molecule has 0 amide bonds. The molecule has 118 valence electrons. The summed E-state index contributed by atoms with van der Waals surface area (Å²) >= 11 is 0. The summed E-state index contributed by atoms with van der Waals surface area (Å²) in [7, 11) is 0. The number of nitrogens with zero attached hydrogens (tertiary/aromatic N) is 2. The van der Waals surface area contributed by atoms with Crippen molar-refractivity contribution >= 4 is 0 Å². The van der Waals surface area contributed by atoms with Crippen LogP contribution in [0.3, 0.4) is 0 Å². The molecule has 23 heavy (non-hydrogen) atoms. The van der Waals surface area contributed by atoms with Crippen molar-refractivity contribution in [3.05, 3.63) is 78.4 Å². The molecule has 0 aromatic carbocycles. The van der Waals surface area contributed by atoms with Gasteiger partial charge in [-0.2, -0.15) is 0 Å². The van der Waals surface area contributed by atoms with Gasteiger partial charge in [0.2, 0.25) is 0 Å². The standard InChI is InChI=1S/C10H8N2.C10H15.Ru/c1-3-7-11-9(5-1)10-6-2-4-8-12-10;1-6-7(2)9(4)10(5)8(6)3;/h1-8H;1-5H3;/q;;+3. The van der Waals surface area contributed by atoms with Crippen LogP contribution in [0.2, 0.25) is 0 Å². The summed E-state index contributed by atoms with van der Waals surface area (Å²) in [4.78, 5) is 8.37. The molecule has 1 saturated carbocycles. The van der Waals surface area contributed by atoms with Crippen LogP contribution >= 0.6 is 0 Å². The summed E-state index contributed by atoms with van der Waals surface area (Å²) < 4.78 is 0. The summed E-state index contributed by atoms with van der Waals surface area (Å²) in [5.41, 5.74) is 1.83. The van der Waals surface area contributed by atoms with Crippen molar-refractivity contribution < 1.29 is 19.5 Å². The fourth-order valence-electron chi connectivity index (χ4n) is 2.43. The Morgan fingerprint density at radius 2 is 0.826 bits per heavy atom. The van der Waals surface area contributed by atoms with Gasteiger partial charge >= 0.3 is 19.5 Å². The Morgan fingerprint density at radius 3 is 1.04 bits per heavy atom. The first-order valence-electron chi connectivity index (χ1n) is 7.54. The maximum absolute atomic E-state index is 4.19. The molecule has 2 heterocycles. The van der Waals surface area contributed by atoms with Crippen molar-refractivity contribution in [3.63, 3.8) is 0 Å². The summed E-state index contributed by atoms with van der Waals surface area (Å²) in [6.07, 6.45) is 3.54. The molecular weight excluding hydrogens is 369 g/mol. The smallest absolute Gasteiger partial charge is 0.255 e. The Kier molecular flexibility index (Phi) is 8.05. The maximum Gasteiger partial charge on any atom is 3.00 e. The molecule has 0 unspecified atom stereocenters. The summed E-state index contributed by atoms with van der Waals surface area (Å²) in [5, 5.41) is 0. The average Bonchev–Trinajstić information content (AvgIpc) is 2.75. The number of hydrogen-bond acceptors (Lipinski definition) is 2. The normalized spacial score (nSPS) is 17.4. The van der Waals surface area contributed by atoms with Gasteiger partial charge in [0.1, 0.15) is 0 Å². The minimum atomic E-state index is 0. The molecule has 0 saturated heterocycles. The summed E-state index contributed by atoms with van der Waals surface area (Å²) in [5.74, 6) is 7.34. The molecule has 3 heteroatoms. The van der Waals surface area contributed by atoms with Crippen molar-refractivity contribution in [2.24, 2.45) is 0 Å². The predicted octanol–water partition coefficient (Wildman–Crippen LogP) is 5.11. The minimum Gasteiger partial charge on any atom is -0.255 e. The quantitative estimate of drug-likeness (QED) is 0.630. The van der Waals surface area contributed by atoms with Gasteiger partial charge in [0, 0.05) is 12.4 Å². The molecule has 3 rings (SSSR count). The Morgan fingerprint density at radius 1 is 0.522 bits per heavy atom. The number of rotatable bonds is 1. The van der Waals surface area contributed by atoms with E-state index in [9.17, 15) is 0 Å². The van der Waals surface area contributed by atoms with Gasteiger partial charge in [-0.05, 0) is 53.9 Å². The van der Waals surface area contributed by atoms with E-state index in [0.29, 0.717) is 0 Å². The van der Waals surface area contributed by atoms with Gasteiger partial charge in [-0.1, -0.05) is 46.8 Å². The van der Waals surface area contributed by atoms with Gasteiger partial charge in [0.05, 0.1) is 11.4 Å². The van der Waals surface area contributed by atoms with E-state index in [2.05, 4.69) is 44.6 Å². The Hall–Kier alpha value is -1.08. The molecule has 1 fully saturated rings. The van der Waals surface area contributed by atoms with Crippen LogP contribution in [-0.2, 0) is 19.5 Å². The second-order valence-corrected chi connectivity index (χ2v) is 5.55. The van der Waals surface area contributed by atoms with Crippen LogP contribution in [0.1, 0.15) is 34.6 Å². The molecule has 2 aromatic heterocycles. The van der Waals surface area contributed by atoms with Crippen molar-refractivity contribution in [3.8, 4) is 11.4 Å². The fourth-order valence-corrected chi connectivity index (χ4v) is 2.43. The van der Waals surface area contributed by atoms with Crippen LogP contribution in [0.4, 0.5) is 0 Å². The molecule has 0 N–H and O–H groups in total. The number of aromatic nitrogens is 2. The zero-order valence-electron chi connectivity index (χ0n) is 14.4. The van der Waals surface area contributed by atoms with Crippen molar-refractivity contribution in [1.82, 2.24) is 9.97 Å². The summed E-state index contributed by atoms with van der Waals surface area (Å²) in [6, 6.07) is 11.6. The Labute approximate surface area is 153 Å². The molecule has 0 aliphatic heterocycles. The van der Waals surface area contributed by atoms with E-state index in [4.69, 9.17) is 0 Å².